The number of nitrogens with one attached hydrogen (secondary N) is 2. The topological polar surface area (TPSA) is 201 Å². The van der Waals surface area contributed by atoms with Gasteiger partial charge in [-0.05, 0) is 105 Å². The highest BCUT2D eigenvalue weighted by Crippen LogP contribution is 2.45. The smallest absolute Gasteiger partial charge is 0.312 e. The van der Waals surface area contributed by atoms with Gasteiger partial charge in [0.2, 0.25) is 5.91 Å². The monoisotopic (exact) mass is 985 g/mol. The lowest BCUT2D eigenvalue weighted by Gasteiger charge is -2.54. The number of nitro benzene ring substituents is 1. The Bertz CT molecular complexity index is 2850. The number of halogens is 2. The second-order valence-electron chi connectivity index (χ2n) is 18.8. The molecule has 1 saturated carbocycles. The molecule has 5 aromatic rings. The number of rotatable bonds is 17. The van der Waals surface area contributed by atoms with Gasteiger partial charge in [-0.25, -0.2) is 22.5 Å². The van der Waals surface area contributed by atoms with E-state index in [1.165, 1.54) is 40.3 Å². The number of amides is 2. The normalized spacial score (nSPS) is 17.6. The molecule has 0 unspecified atom stereocenters. The van der Waals surface area contributed by atoms with Crippen LogP contribution in [0.5, 0.6) is 17.2 Å². The summed E-state index contributed by atoms with van der Waals surface area (Å²) in [5, 5.41) is 22.8. The van der Waals surface area contributed by atoms with E-state index in [9.17, 15) is 28.1 Å². The summed E-state index contributed by atoms with van der Waals surface area (Å²) < 4.78 is 57.0. The lowest BCUT2D eigenvalue weighted by atomic mass is 9.70. The van der Waals surface area contributed by atoms with Gasteiger partial charge in [-0.3, -0.25) is 24.6 Å². The number of ether oxygens (including phenoxy) is 2. The highest BCUT2D eigenvalue weighted by Gasteiger charge is 2.44. The molecule has 69 heavy (non-hydrogen) atoms. The van der Waals surface area contributed by atoms with Crippen LogP contribution in [0.4, 0.5) is 15.8 Å². The van der Waals surface area contributed by atoms with Gasteiger partial charge in [0.1, 0.15) is 36.0 Å². The van der Waals surface area contributed by atoms with E-state index in [-0.39, 0.29) is 48.5 Å². The first-order chi connectivity index (χ1) is 32.9. The van der Waals surface area contributed by atoms with Crippen molar-refractivity contribution < 1.29 is 41.9 Å². The summed E-state index contributed by atoms with van der Waals surface area (Å²) in [4.78, 5) is 50.1. The van der Waals surface area contributed by atoms with E-state index in [0.717, 1.165) is 73.1 Å². The maximum absolute atomic E-state index is 15.6. The molecular weight excluding hydrogens is 929 g/mol. The molecule has 16 nitrogen and oxygen atoms in total. The molecule has 0 atom stereocenters. The number of anilines is 1. The van der Waals surface area contributed by atoms with Gasteiger partial charge in [0.25, 0.3) is 15.9 Å². The fourth-order valence-corrected chi connectivity index (χ4v) is 10.8. The van der Waals surface area contributed by atoms with Crippen molar-refractivity contribution in [2.24, 2.45) is 5.92 Å². The third kappa shape index (κ3) is 11.2. The number of fused-ring (bicyclic) bond motifs is 1. The van der Waals surface area contributed by atoms with Crippen molar-refractivity contribution in [2.75, 3.05) is 57.4 Å². The lowest BCUT2D eigenvalue weighted by Crippen LogP contribution is -2.60. The molecule has 2 aromatic heterocycles. The number of piperidine rings is 1. The molecule has 3 aromatic carbocycles. The van der Waals surface area contributed by atoms with Gasteiger partial charge in [0, 0.05) is 92.1 Å². The number of aliphatic hydroxyl groups is 1. The van der Waals surface area contributed by atoms with Gasteiger partial charge in [-0.15, -0.1) is 0 Å². The van der Waals surface area contributed by atoms with Gasteiger partial charge < -0.3 is 29.4 Å². The summed E-state index contributed by atoms with van der Waals surface area (Å²) in [5.74, 6) is -1.10. The van der Waals surface area contributed by atoms with Gasteiger partial charge in [0.05, 0.1) is 21.6 Å². The third-order valence-corrected chi connectivity index (χ3v) is 15.2. The molecule has 2 saturated heterocycles. The van der Waals surface area contributed by atoms with E-state index in [4.69, 9.17) is 26.2 Å². The Hall–Kier alpha value is -6.08. The minimum atomic E-state index is -4.73. The molecule has 3 fully saturated rings. The molecule has 2 aliphatic heterocycles. The molecule has 0 bridgehead atoms. The first-order valence-electron chi connectivity index (χ1n) is 23.2. The summed E-state index contributed by atoms with van der Waals surface area (Å²) in [6, 6.07) is 19.5. The first kappa shape index (κ1) is 49.3. The number of carbonyl (C=O) groups excluding carboxylic acids is 2. The Morgan fingerprint density at radius 3 is 2.35 bits per heavy atom. The number of aromatic amines is 1. The van der Waals surface area contributed by atoms with Crippen LogP contribution in [0.25, 0.3) is 16.6 Å². The van der Waals surface area contributed by atoms with Crippen molar-refractivity contribution >= 4 is 61.4 Å². The molecule has 366 valence electrons. The van der Waals surface area contributed by atoms with E-state index in [1.54, 1.807) is 24.4 Å². The van der Waals surface area contributed by atoms with E-state index in [2.05, 4.69) is 52.7 Å². The number of H-pyrrole nitrogens is 1. The molecule has 4 heterocycles. The fourth-order valence-electron chi connectivity index (χ4n) is 9.68. The third-order valence-electron chi connectivity index (χ3n) is 13.6. The summed E-state index contributed by atoms with van der Waals surface area (Å²) in [6.07, 6.45) is 8.33. The Morgan fingerprint density at radius 2 is 1.70 bits per heavy atom. The van der Waals surface area contributed by atoms with Crippen LogP contribution in [0, 0.1) is 16.0 Å². The average molecular weight is 987 g/mol. The minimum Gasteiger partial charge on any atom is -0.483 e. The largest absolute Gasteiger partial charge is 0.483 e. The number of sulfonamides is 1. The summed E-state index contributed by atoms with van der Waals surface area (Å²) in [6.45, 7) is 8.54. The second-order valence-corrected chi connectivity index (χ2v) is 20.9. The number of hydrogen-bond acceptors (Lipinski definition) is 12. The number of hydrogen-bond donors (Lipinski definition) is 3. The zero-order valence-electron chi connectivity index (χ0n) is 38.9. The van der Waals surface area contributed by atoms with Gasteiger partial charge >= 0.3 is 5.69 Å². The van der Waals surface area contributed by atoms with E-state index >= 15 is 4.39 Å². The maximum atomic E-state index is 15.6. The Kier molecular flexibility index (Phi) is 14.6. The second kappa shape index (κ2) is 20.5. The number of pyridine rings is 1. The Balaban J connectivity index is 0.991. The van der Waals surface area contributed by atoms with Crippen LogP contribution in [0.2, 0.25) is 5.02 Å². The average Bonchev–Trinajstić information content (AvgIpc) is 3.79. The van der Waals surface area contributed by atoms with Crippen LogP contribution in [0.15, 0.2) is 95.7 Å². The van der Waals surface area contributed by atoms with E-state index in [0.29, 0.717) is 30.4 Å². The lowest BCUT2D eigenvalue weighted by molar-refractivity contribution is -0.386. The molecule has 19 heteroatoms. The summed E-state index contributed by atoms with van der Waals surface area (Å²) in [5.41, 5.74) is 2.64. The number of alkyl halides is 1. The van der Waals surface area contributed by atoms with Gasteiger partial charge in [-0.1, -0.05) is 43.2 Å². The van der Waals surface area contributed by atoms with Crippen LogP contribution < -0.4 is 19.1 Å². The highest BCUT2D eigenvalue weighted by molar-refractivity contribution is 7.90. The van der Waals surface area contributed by atoms with Crippen molar-refractivity contribution in [1.82, 2.24) is 24.5 Å². The van der Waals surface area contributed by atoms with Crippen LogP contribution in [-0.2, 0) is 14.8 Å². The maximum Gasteiger partial charge on any atom is 0.312 e. The van der Waals surface area contributed by atoms with E-state index in [1.807, 2.05) is 22.9 Å². The molecule has 2 amide bonds. The van der Waals surface area contributed by atoms with E-state index < -0.39 is 56.2 Å². The number of carbonyl (C=O) groups is 2. The van der Waals surface area contributed by atoms with Gasteiger partial charge in [0.15, 0.2) is 5.75 Å². The number of allylic oxidation sites excluding steroid dienone is 1. The number of aromatic nitrogens is 2. The highest BCUT2D eigenvalue weighted by atomic mass is 35.5. The number of nitro groups is 1. The number of likely N-dealkylation sites (tertiary alicyclic amines) is 1. The van der Waals surface area contributed by atoms with Crippen molar-refractivity contribution in [2.45, 2.75) is 81.8 Å². The van der Waals surface area contributed by atoms with Crippen LogP contribution >= 0.6 is 11.6 Å². The Labute approximate surface area is 405 Å². The summed E-state index contributed by atoms with van der Waals surface area (Å²) >= 11 is 6.26. The minimum absolute atomic E-state index is 0.0230. The zero-order chi connectivity index (χ0) is 49.1. The fraction of sp³-hybridized carbons (Fsp3) is 0.420. The Morgan fingerprint density at radius 1 is 0.971 bits per heavy atom. The van der Waals surface area contributed by atoms with Crippen molar-refractivity contribution in [3.63, 3.8) is 0 Å². The van der Waals surface area contributed by atoms with Gasteiger partial charge in [-0.2, -0.15) is 0 Å². The van der Waals surface area contributed by atoms with Crippen molar-refractivity contribution in [3.8, 4) is 17.2 Å². The number of nitrogens with zero attached hydrogens (tertiary/aromatic N) is 5. The predicted octanol–water partition coefficient (Wildman–Crippen LogP) is 8.69. The number of aliphatic hydroxyl groups excluding tert-OH is 1. The molecule has 0 spiro atoms. The van der Waals surface area contributed by atoms with Crippen molar-refractivity contribution in [1.29, 1.82) is 0 Å². The molecule has 8 rings (SSSR count). The quantitative estimate of drug-likeness (QED) is 0.0592. The van der Waals surface area contributed by atoms with Crippen LogP contribution in [-0.4, -0.2) is 114 Å². The molecular formula is C50H57ClFN7O9S. The molecule has 3 aliphatic rings. The van der Waals surface area contributed by atoms with Crippen LogP contribution in [0.1, 0.15) is 81.6 Å². The number of piperazine rings is 1. The predicted molar refractivity (Wildman–Crippen MR) is 261 cm³/mol. The summed E-state index contributed by atoms with van der Waals surface area (Å²) in [7, 11) is -4.73. The first-order valence-corrected chi connectivity index (χ1v) is 25.1. The SMILES string of the molecule is C/C(CC1(N2CCN(c3ccc(C(=O)NS(=O)(=O)c4ccc(OCC5(F)CCN(C(=O)CO)CC5)c([N+](=O)[O-])c4)c(Oc4cnc5[nH]ccc5c4)c3)CC2)CCC1)=C(\CC(C)C)c1ccc(Cl)cc1. The van der Waals surface area contributed by atoms with Crippen molar-refractivity contribution in [3.05, 3.63) is 117 Å². The molecule has 0 radical (unpaired) electrons. The molecule has 3 N–H and O–H groups in total. The molecule has 1 aliphatic carbocycles. The standard InChI is InChI=1S/C50H57ClFN7O9S/c1-33(2)25-42(35-5-7-37(51)8-6-35)34(3)29-50(14-4-15-50)58-23-21-56(22-24-58)38-9-11-41(45(27-38)68-39-26-36-13-18-53-47(36)54-30-39)48(62)55-69(65,66)40-10-12-44(43(28-40)59(63)64)67-32-49(52)16-19-57(20-17-49)46(61)31-60/h5-13,18,26-28,30,33,60H,4,14-17,19-25,29,31-32H2,1-3H3,(H,53,54)(H,55,62)/b42-34-. The zero-order valence-corrected chi connectivity index (χ0v) is 40.5. The van der Waals surface area contributed by atoms with Crippen LogP contribution in [0.3, 0.4) is 0 Å². The number of benzene rings is 3.